The molecule has 0 amide bonds. The smallest absolute Gasteiger partial charge is 0.349 e. The summed E-state index contributed by atoms with van der Waals surface area (Å²) in [5.41, 5.74) is -1.50. The van der Waals surface area contributed by atoms with E-state index in [2.05, 4.69) is 11.2 Å². The van der Waals surface area contributed by atoms with Crippen molar-refractivity contribution < 1.29 is 50.3 Å². The van der Waals surface area contributed by atoms with E-state index in [1.807, 2.05) is 11.9 Å². The van der Waals surface area contributed by atoms with Crippen molar-refractivity contribution in [2.45, 2.75) is 154 Å². The van der Waals surface area contributed by atoms with E-state index in [1.54, 1.807) is 0 Å². The van der Waals surface area contributed by atoms with E-state index in [4.69, 9.17) is 18.1 Å². The van der Waals surface area contributed by atoms with Crippen molar-refractivity contribution in [1.82, 2.24) is 9.55 Å². The van der Waals surface area contributed by atoms with Crippen molar-refractivity contribution in [3.8, 4) is 0 Å². The number of halogens is 1. The maximum absolute atomic E-state index is 14.6. The molecule has 0 radical (unpaired) electrons. The molecule has 6 atom stereocenters. The fraction of sp³-hybridized carbons (Fsp3) is 0.871. The number of alkyl halides is 1. The number of nitrogens with zero attached hydrogens (tertiary/aromatic N) is 1. The maximum atomic E-state index is 14.6. The Labute approximate surface area is 289 Å². The highest BCUT2D eigenvalue weighted by atomic mass is 31.3. The number of ether oxygens (including phenoxy) is 1. The number of hydrogen-bond donors (Lipinski definition) is 3. The van der Waals surface area contributed by atoms with Crippen molar-refractivity contribution in [3.63, 3.8) is 0 Å². The Morgan fingerprint density at radius 3 is 1.86 bits per heavy atom. The molecular formula is C31H58FN2O12P3. The zero-order valence-electron chi connectivity index (χ0n) is 29.1. The van der Waals surface area contributed by atoms with Gasteiger partial charge in [-0.25, -0.2) is 22.6 Å². The first-order valence-electron chi connectivity index (χ1n) is 17.9. The minimum absolute atomic E-state index is 0.0175. The van der Waals surface area contributed by atoms with Crippen LogP contribution in [0.25, 0.3) is 0 Å². The summed E-state index contributed by atoms with van der Waals surface area (Å²) in [6.45, 7) is 3.20. The van der Waals surface area contributed by atoms with Gasteiger partial charge in [0.15, 0.2) is 0 Å². The van der Waals surface area contributed by atoms with Crippen molar-refractivity contribution >= 4 is 23.2 Å². The topological polar surface area (TPSA) is 193 Å². The molecule has 0 aliphatic carbocycles. The van der Waals surface area contributed by atoms with Gasteiger partial charge < -0.3 is 19.0 Å². The van der Waals surface area contributed by atoms with E-state index in [1.165, 1.54) is 70.6 Å². The van der Waals surface area contributed by atoms with Crippen LogP contribution in [-0.4, -0.2) is 51.0 Å². The molecule has 1 aliphatic rings. The molecule has 1 saturated heterocycles. The van der Waals surface area contributed by atoms with Gasteiger partial charge in [0, 0.05) is 18.7 Å². The normalized spacial score (nSPS) is 21.7. The Morgan fingerprint density at radius 2 is 1.33 bits per heavy atom. The van der Waals surface area contributed by atoms with Crippen LogP contribution in [-0.2, 0) is 36.1 Å². The Bertz CT molecular complexity index is 1330. The van der Waals surface area contributed by atoms with E-state index >= 15 is 0 Å². The highest BCUT2D eigenvalue weighted by molar-refractivity contribution is 7.68. The number of aromatic amines is 1. The van der Waals surface area contributed by atoms with Crippen LogP contribution in [0.5, 0.6) is 0 Å². The van der Waals surface area contributed by atoms with Gasteiger partial charge in [0.25, 0.3) is 5.56 Å². The molecule has 1 fully saturated rings. The molecule has 49 heavy (non-hydrogen) atoms. The highest BCUT2D eigenvalue weighted by Gasteiger charge is 2.44. The van der Waals surface area contributed by atoms with Crippen LogP contribution in [0.3, 0.4) is 0 Å². The third-order valence-corrected chi connectivity index (χ3v) is 13.6. The molecule has 18 heteroatoms. The number of nitrogens with one attached hydrogen (secondary N) is 1. The van der Waals surface area contributed by atoms with E-state index in [-0.39, 0.29) is 19.2 Å². The first-order valence-corrected chi connectivity index (χ1v) is 22.6. The predicted octanol–water partition coefficient (Wildman–Crippen LogP) is 8.68. The molecule has 3 N–H and O–H groups in total. The van der Waals surface area contributed by atoms with Crippen molar-refractivity contribution in [3.05, 3.63) is 33.1 Å². The third-order valence-electron chi connectivity index (χ3n) is 8.23. The number of hydrogen-bond acceptors (Lipinski definition) is 10. The SMILES string of the molecule is CCCCCCCCCCCCCCCCCCP(=O)(OCCCC)OP(=O)(O)OP(=O)(O)OC[C@H]1O[C@@H](n2ccc(=O)[nH]c2=O)CC1F. The number of phosphoric ester groups is 1. The molecular weight excluding hydrogens is 704 g/mol. The quantitative estimate of drug-likeness (QED) is 0.0520. The molecule has 286 valence electrons. The number of aromatic nitrogens is 2. The summed E-state index contributed by atoms with van der Waals surface area (Å²) >= 11 is 0. The molecule has 4 unspecified atom stereocenters. The number of phosphoric acid groups is 2. The lowest BCUT2D eigenvalue weighted by Gasteiger charge is -2.22. The fourth-order valence-electron chi connectivity index (χ4n) is 5.49. The Hall–Kier alpha value is -0.980. The number of rotatable bonds is 29. The molecule has 0 saturated carbocycles. The van der Waals surface area contributed by atoms with Gasteiger partial charge in [-0.15, -0.1) is 0 Å². The molecule has 0 bridgehead atoms. The lowest BCUT2D eigenvalue weighted by atomic mass is 10.0. The van der Waals surface area contributed by atoms with Gasteiger partial charge in [-0.3, -0.25) is 23.4 Å². The van der Waals surface area contributed by atoms with Crippen molar-refractivity contribution in [1.29, 1.82) is 0 Å². The molecule has 2 heterocycles. The molecule has 0 spiro atoms. The van der Waals surface area contributed by atoms with Crippen LogP contribution < -0.4 is 11.2 Å². The molecule has 2 rings (SSSR count). The second kappa shape index (κ2) is 23.6. The average molecular weight is 763 g/mol. The van der Waals surface area contributed by atoms with Crippen LogP contribution in [0, 0.1) is 0 Å². The minimum atomic E-state index is -5.46. The summed E-state index contributed by atoms with van der Waals surface area (Å²) in [6, 6.07) is 1.04. The fourth-order valence-corrected chi connectivity index (χ4v) is 10.4. The minimum Gasteiger partial charge on any atom is -0.349 e. The lowest BCUT2D eigenvalue weighted by molar-refractivity contribution is -0.0349. The standard InChI is InChI=1S/C31H58FN2O12P3/c1-3-5-7-8-9-10-11-12-13-14-15-16-17-18-19-20-24-47(37,42-23-6-4-2)45-49(40,41)46-48(38,39)43-26-28-27(32)25-30(44-28)34-22-21-29(35)33-31(34)36/h21-22,27-28,30H,3-20,23-26H2,1-2H3,(H,38,39)(H,40,41)(H,33,35,36)/t27?,28-,30-,47?/m1/s1. The van der Waals surface area contributed by atoms with Crippen molar-refractivity contribution in [2.75, 3.05) is 19.4 Å². The van der Waals surface area contributed by atoms with E-state index in [0.29, 0.717) is 25.7 Å². The second-order valence-corrected chi connectivity index (χ2v) is 18.0. The van der Waals surface area contributed by atoms with Crippen molar-refractivity contribution in [2.24, 2.45) is 0 Å². The van der Waals surface area contributed by atoms with Gasteiger partial charge in [-0.2, -0.15) is 4.31 Å². The van der Waals surface area contributed by atoms with Gasteiger partial charge in [0.2, 0.25) is 0 Å². The molecule has 0 aromatic carbocycles. The summed E-state index contributed by atoms with van der Waals surface area (Å²) in [6.07, 6.45) is 15.7. The maximum Gasteiger partial charge on any atom is 0.488 e. The summed E-state index contributed by atoms with van der Waals surface area (Å²) in [7, 11) is -15.0. The van der Waals surface area contributed by atoms with Crippen LogP contribution >= 0.6 is 23.2 Å². The van der Waals surface area contributed by atoms with Crippen LogP contribution in [0.2, 0.25) is 0 Å². The summed E-state index contributed by atoms with van der Waals surface area (Å²) < 4.78 is 78.7. The zero-order chi connectivity index (χ0) is 36.2. The summed E-state index contributed by atoms with van der Waals surface area (Å²) in [5.74, 6) is 0. The third kappa shape index (κ3) is 18.9. The van der Waals surface area contributed by atoms with Gasteiger partial charge in [-0.05, 0) is 12.8 Å². The second-order valence-electron chi connectivity index (χ2n) is 12.6. The van der Waals surface area contributed by atoms with Crippen LogP contribution in [0.15, 0.2) is 21.9 Å². The first kappa shape index (κ1) is 44.2. The van der Waals surface area contributed by atoms with Gasteiger partial charge in [0.1, 0.15) is 18.5 Å². The molecule has 1 aromatic rings. The monoisotopic (exact) mass is 762 g/mol. The van der Waals surface area contributed by atoms with Gasteiger partial charge in [-0.1, -0.05) is 117 Å². The zero-order valence-corrected chi connectivity index (χ0v) is 31.8. The van der Waals surface area contributed by atoms with Crippen LogP contribution in [0.4, 0.5) is 4.39 Å². The van der Waals surface area contributed by atoms with E-state index < -0.39 is 59.6 Å². The Morgan fingerprint density at radius 1 is 0.796 bits per heavy atom. The number of H-pyrrole nitrogens is 1. The molecule has 1 aliphatic heterocycles. The van der Waals surface area contributed by atoms with E-state index in [9.17, 15) is 37.5 Å². The van der Waals surface area contributed by atoms with Gasteiger partial charge in [0.05, 0.1) is 19.4 Å². The van der Waals surface area contributed by atoms with Crippen LogP contribution in [0.1, 0.15) is 142 Å². The molecule has 14 nitrogen and oxygen atoms in total. The first-order chi connectivity index (χ1) is 23.3. The molecule has 1 aromatic heterocycles. The largest absolute Gasteiger partial charge is 0.488 e. The Kier molecular flexibility index (Phi) is 21.2. The van der Waals surface area contributed by atoms with Gasteiger partial charge >= 0.3 is 28.9 Å². The number of unbranched alkanes of at least 4 members (excludes halogenated alkanes) is 16. The summed E-state index contributed by atoms with van der Waals surface area (Å²) in [4.78, 5) is 45.6. The summed E-state index contributed by atoms with van der Waals surface area (Å²) in [5, 5.41) is 0. The Balaban J connectivity index is 1.73. The lowest BCUT2D eigenvalue weighted by Crippen LogP contribution is -2.31. The van der Waals surface area contributed by atoms with E-state index in [0.717, 1.165) is 36.1 Å². The highest BCUT2D eigenvalue weighted by Crippen LogP contribution is 2.69. The average Bonchev–Trinajstić information content (AvgIpc) is 3.39. The predicted molar refractivity (Wildman–Crippen MR) is 185 cm³/mol.